The fourth-order valence-electron chi connectivity index (χ4n) is 2.72. The second kappa shape index (κ2) is 9.15. The molecule has 3 aromatic rings. The quantitative estimate of drug-likeness (QED) is 0.396. The molecule has 1 N–H and O–H groups in total. The highest BCUT2D eigenvalue weighted by atomic mass is 35.5. The number of aryl methyl sites for hydroxylation is 1. The average Bonchev–Trinajstić information content (AvgIpc) is 2.73. The molecule has 7 heteroatoms. The van der Waals surface area contributed by atoms with Crippen LogP contribution >= 0.6 is 11.6 Å². The SMILES string of the molecule is COc1ccc(C)c(/C=C/C(=O)c2ccc(NS(=O)(=O)c3ccc(Cl)cc3)cc2)c1. The van der Waals surface area contributed by atoms with E-state index in [0.29, 0.717) is 22.0 Å². The third-order valence-electron chi connectivity index (χ3n) is 4.45. The second-order valence-electron chi connectivity index (χ2n) is 6.56. The number of carbonyl (C=O) groups excluding carboxylic acids is 1. The maximum Gasteiger partial charge on any atom is 0.261 e. The van der Waals surface area contributed by atoms with Gasteiger partial charge >= 0.3 is 0 Å². The monoisotopic (exact) mass is 441 g/mol. The summed E-state index contributed by atoms with van der Waals surface area (Å²) in [7, 11) is -2.15. The van der Waals surface area contributed by atoms with E-state index < -0.39 is 10.0 Å². The summed E-state index contributed by atoms with van der Waals surface area (Å²) in [5.74, 6) is 0.523. The number of nitrogens with one attached hydrogen (secondary N) is 1. The number of allylic oxidation sites excluding steroid dienone is 1. The van der Waals surface area contributed by atoms with Crippen molar-refractivity contribution in [2.45, 2.75) is 11.8 Å². The number of anilines is 1. The van der Waals surface area contributed by atoms with Crippen LogP contribution in [0.5, 0.6) is 5.75 Å². The summed E-state index contributed by atoms with van der Waals surface area (Å²) >= 11 is 5.80. The molecule has 3 aromatic carbocycles. The van der Waals surface area contributed by atoms with Crippen LogP contribution in [0.25, 0.3) is 6.08 Å². The lowest BCUT2D eigenvalue weighted by molar-refractivity contribution is 0.104. The van der Waals surface area contributed by atoms with Crippen LogP contribution in [0.3, 0.4) is 0 Å². The Labute approximate surface area is 181 Å². The Hall–Kier alpha value is -3.09. The molecule has 0 amide bonds. The predicted octanol–water partition coefficient (Wildman–Crippen LogP) is 5.35. The molecule has 0 heterocycles. The van der Waals surface area contributed by atoms with Gasteiger partial charge < -0.3 is 4.74 Å². The fraction of sp³-hybridized carbons (Fsp3) is 0.0870. The van der Waals surface area contributed by atoms with Gasteiger partial charge in [0.1, 0.15) is 5.75 Å². The first-order valence-electron chi connectivity index (χ1n) is 9.04. The first-order chi connectivity index (χ1) is 14.3. The van der Waals surface area contributed by atoms with Gasteiger partial charge in [0.05, 0.1) is 12.0 Å². The van der Waals surface area contributed by atoms with Gasteiger partial charge in [0.25, 0.3) is 10.0 Å². The number of ether oxygens (including phenoxy) is 1. The molecular weight excluding hydrogens is 422 g/mol. The lowest BCUT2D eigenvalue weighted by Crippen LogP contribution is -2.12. The number of sulfonamides is 1. The standard InChI is InChI=1S/C23H20ClNO4S/c1-16-3-11-21(29-2)15-18(16)6-14-23(26)17-4-9-20(10-5-17)25-30(27,28)22-12-7-19(24)8-13-22/h3-15,25H,1-2H3/b14-6+. The van der Waals surface area contributed by atoms with E-state index in [1.54, 1.807) is 37.5 Å². The van der Waals surface area contributed by atoms with Crippen LogP contribution in [-0.4, -0.2) is 21.3 Å². The van der Waals surface area contributed by atoms with Crippen LogP contribution in [0.4, 0.5) is 5.69 Å². The molecule has 0 bridgehead atoms. The lowest BCUT2D eigenvalue weighted by Gasteiger charge is -2.08. The van der Waals surface area contributed by atoms with Gasteiger partial charge in [-0.3, -0.25) is 9.52 Å². The van der Waals surface area contributed by atoms with Gasteiger partial charge in [-0.05, 0) is 84.8 Å². The molecule has 3 rings (SSSR count). The minimum Gasteiger partial charge on any atom is -0.497 e. The number of halogens is 1. The minimum absolute atomic E-state index is 0.101. The van der Waals surface area contributed by atoms with E-state index in [9.17, 15) is 13.2 Å². The first-order valence-corrected chi connectivity index (χ1v) is 10.9. The fourth-order valence-corrected chi connectivity index (χ4v) is 3.90. The highest BCUT2D eigenvalue weighted by molar-refractivity contribution is 7.92. The van der Waals surface area contributed by atoms with Crippen molar-refractivity contribution in [3.8, 4) is 5.75 Å². The van der Waals surface area contributed by atoms with E-state index >= 15 is 0 Å². The van der Waals surface area contributed by atoms with Crippen LogP contribution in [0.15, 0.2) is 77.7 Å². The molecule has 0 aliphatic carbocycles. The molecule has 30 heavy (non-hydrogen) atoms. The number of methoxy groups -OCH3 is 1. The number of benzene rings is 3. The number of hydrogen-bond acceptors (Lipinski definition) is 4. The third kappa shape index (κ3) is 5.28. The van der Waals surface area contributed by atoms with Crippen LogP contribution in [0, 0.1) is 6.92 Å². The van der Waals surface area contributed by atoms with Crippen molar-refractivity contribution in [1.29, 1.82) is 0 Å². The Morgan fingerprint density at radius 1 is 1.00 bits per heavy atom. The number of rotatable bonds is 7. The molecular formula is C23H20ClNO4S. The molecule has 0 fully saturated rings. The molecule has 0 spiro atoms. The van der Waals surface area contributed by atoms with E-state index in [-0.39, 0.29) is 10.7 Å². The van der Waals surface area contributed by atoms with Gasteiger partial charge in [-0.25, -0.2) is 8.42 Å². The van der Waals surface area contributed by atoms with Crippen molar-refractivity contribution in [3.63, 3.8) is 0 Å². The zero-order valence-corrected chi connectivity index (χ0v) is 18.0. The largest absolute Gasteiger partial charge is 0.497 e. The Kier molecular flexibility index (Phi) is 6.59. The number of ketones is 1. The first kappa shape index (κ1) is 21.6. The van der Waals surface area contributed by atoms with Gasteiger partial charge in [0.15, 0.2) is 5.78 Å². The van der Waals surface area contributed by atoms with Gasteiger partial charge in [0.2, 0.25) is 0 Å². The van der Waals surface area contributed by atoms with Crippen LogP contribution in [0.2, 0.25) is 5.02 Å². The van der Waals surface area contributed by atoms with E-state index in [1.807, 2.05) is 25.1 Å². The highest BCUT2D eigenvalue weighted by Crippen LogP contribution is 2.20. The van der Waals surface area contributed by atoms with E-state index in [2.05, 4.69) is 4.72 Å². The number of carbonyl (C=O) groups is 1. The summed E-state index contributed by atoms with van der Waals surface area (Å²) < 4.78 is 32.6. The molecule has 5 nitrogen and oxygen atoms in total. The van der Waals surface area contributed by atoms with E-state index in [1.165, 1.54) is 30.3 Å². The lowest BCUT2D eigenvalue weighted by atomic mass is 10.1. The smallest absolute Gasteiger partial charge is 0.261 e. The summed E-state index contributed by atoms with van der Waals surface area (Å²) in [5.41, 5.74) is 2.71. The molecule has 0 radical (unpaired) electrons. The third-order valence-corrected chi connectivity index (χ3v) is 6.10. The maximum atomic E-state index is 12.5. The summed E-state index contributed by atoms with van der Waals surface area (Å²) in [5, 5.41) is 0.453. The zero-order chi connectivity index (χ0) is 21.7. The van der Waals surface area contributed by atoms with Crippen molar-refractivity contribution in [2.24, 2.45) is 0 Å². The Morgan fingerprint density at radius 3 is 2.30 bits per heavy atom. The molecule has 0 saturated heterocycles. The van der Waals surface area contributed by atoms with Gasteiger partial charge in [0, 0.05) is 16.3 Å². The second-order valence-corrected chi connectivity index (χ2v) is 8.68. The Morgan fingerprint density at radius 2 is 1.67 bits per heavy atom. The van der Waals surface area contributed by atoms with E-state index in [4.69, 9.17) is 16.3 Å². The van der Waals surface area contributed by atoms with Crippen LogP contribution in [-0.2, 0) is 10.0 Å². The van der Waals surface area contributed by atoms with Gasteiger partial charge in [-0.1, -0.05) is 23.7 Å². The van der Waals surface area contributed by atoms with Crippen LogP contribution < -0.4 is 9.46 Å². The molecule has 154 valence electrons. The topological polar surface area (TPSA) is 72.5 Å². The summed E-state index contributed by atoms with van der Waals surface area (Å²) in [6, 6.07) is 17.7. The van der Waals surface area contributed by atoms with Crippen molar-refractivity contribution in [1.82, 2.24) is 0 Å². The molecule has 0 aliphatic rings. The normalized spacial score (nSPS) is 11.4. The summed E-state index contributed by atoms with van der Waals surface area (Å²) in [6.45, 7) is 1.95. The van der Waals surface area contributed by atoms with E-state index in [0.717, 1.165) is 11.1 Å². The summed E-state index contributed by atoms with van der Waals surface area (Å²) in [4.78, 5) is 12.6. The van der Waals surface area contributed by atoms with Crippen molar-refractivity contribution in [2.75, 3.05) is 11.8 Å². The molecule has 0 aromatic heterocycles. The van der Waals surface area contributed by atoms with Crippen molar-refractivity contribution >= 4 is 39.2 Å². The highest BCUT2D eigenvalue weighted by Gasteiger charge is 2.14. The Bertz CT molecular complexity index is 1180. The molecule has 0 aliphatic heterocycles. The average molecular weight is 442 g/mol. The summed E-state index contributed by atoms with van der Waals surface area (Å²) in [6.07, 6.45) is 3.21. The van der Waals surface area contributed by atoms with Crippen molar-refractivity contribution in [3.05, 3.63) is 94.5 Å². The number of hydrogen-bond donors (Lipinski definition) is 1. The van der Waals surface area contributed by atoms with Crippen molar-refractivity contribution < 1.29 is 17.9 Å². The zero-order valence-electron chi connectivity index (χ0n) is 16.4. The predicted molar refractivity (Wildman–Crippen MR) is 120 cm³/mol. The molecule has 0 atom stereocenters. The molecule has 0 unspecified atom stereocenters. The van der Waals surface area contributed by atoms with Crippen LogP contribution in [0.1, 0.15) is 21.5 Å². The minimum atomic E-state index is -3.74. The van der Waals surface area contributed by atoms with Gasteiger partial charge in [-0.2, -0.15) is 0 Å². The maximum absolute atomic E-state index is 12.5. The molecule has 0 saturated carbocycles. The van der Waals surface area contributed by atoms with Gasteiger partial charge in [-0.15, -0.1) is 0 Å². The Balaban J connectivity index is 1.72.